The van der Waals surface area contributed by atoms with E-state index in [2.05, 4.69) is 5.16 Å². The van der Waals surface area contributed by atoms with Gasteiger partial charge in [-0.05, 0) is 24.6 Å². The van der Waals surface area contributed by atoms with E-state index in [1.807, 2.05) is 30.3 Å². The van der Waals surface area contributed by atoms with Gasteiger partial charge in [0.2, 0.25) is 0 Å². The fourth-order valence-electron chi connectivity index (χ4n) is 2.39. The molecule has 1 heterocycles. The summed E-state index contributed by atoms with van der Waals surface area (Å²) in [7, 11) is -3.49. The van der Waals surface area contributed by atoms with Crippen LogP contribution in [0.25, 0.3) is 11.3 Å². The molecule has 0 radical (unpaired) electrons. The Morgan fingerprint density at radius 3 is 2.42 bits per heavy atom. The number of aromatic nitrogens is 1. The molecule has 0 spiro atoms. The van der Waals surface area contributed by atoms with Crippen molar-refractivity contribution in [2.45, 2.75) is 17.9 Å². The third-order valence-electron chi connectivity index (χ3n) is 3.84. The Labute approximate surface area is 139 Å². The topological polar surface area (TPSA) is 60.2 Å². The third kappa shape index (κ3) is 3.54. The maximum absolute atomic E-state index is 13.0. The monoisotopic (exact) mass is 345 g/mol. The Kier molecular flexibility index (Phi) is 4.49. The Hall–Kier alpha value is -2.47. The summed E-state index contributed by atoms with van der Waals surface area (Å²) in [6.45, 7) is 1.58. The van der Waals surface area contributed by atoms with Crippen LogP contribution in [-0.4, -0.2) is 13.6 Å². The van der Waals surface area contributed by atoms with Crippen LogP contribution in [-0.2, 0) is 15.6 Å². The average molecular weight is 345 g/mol. The molecule has 1 atom stereocenters. The van der Waals surface area contributed by atoms with Gasteiger partial charge in [-0.1, -0.05) is 47.6 Å². The Morgan fingerprint density at radius 2 is 1.75 bits per heavy atom. The fraction of sp³-hybridized carbons (Fsp3) is 0.167. The Morgan fingerprint density at radius 1 is 1.08 bits per heavy atom. The summed E-state index contributed by atoms with van der Waals surface area (Å²) in [5.74, 6) is -0.107. The van der Waals surface area contributed by atoms with Gasteiger partial charge >= 0.3 is 0 Å². The van der Waals surface area contributed by atoms with Crippen LogP contribution in [0, 0.1) is 5.82 Å². The number of halogens is 1. The molecule has 24 heavy (non-hydrogen) atoms. The number of rotatable bonds is 5. The van der Waals surface area contributed by atoms with Gasteiger partial charge in [-0.2, -0.15) is 0 Å². The smallest absolute Gasteiger partial charge is 0.167 e. The minimum atomic E-state index is -3.49. The van der Waals surface area contributed by atoms with Crippen molar-refractivity contribution in [3.63, 3.8) is 0 Å². The van der Waals surface area contributed by atoms with Gasteiger partial charge in [-0.3, -0.25) is 0 Å². The molecular formula is C18H16FNO3S. The zero-order valence-electron chi connectivity index (χ0n) is 13.0. The summed E-state index contributed by atoms with van der Waals surface area (Å²) in [6, 6.07) is 16.4. The quantitative estimate of drug-likeness (QED) is 0.697. The summed E-state index contributed by atoms with van der Waals surface area (Å²) in [5, 5.41) is 3.10. The Balaban J connectivity index is 1.80. The molecule has 0 aliphatic heterocycles. The number of hydrogen-bond acceptors (Lipinski definition) is 4. The molecule has 3 aromatic rings. The van der Waals surface area contributed by atoms with Gasteiger partial charge in [0.25, 0.3) is 0 Å². The van der Waals surface area contributed by atoms with Crippen LogP contribution in [0.15, 0.2) is 65.2 Å². The zero-order chi connectivity index (χ0) is 17.2. The van der Waals surface area contributed by atoms with Crippen molar-refractivity contribution in [1.29, 1.82) is 0 Å². The van der Waals surface area contributed by atoms with Gasteiger partial charge in [0.15, 0.2) is 15.6 Å². The molecule has 1 aromatic heterocycles. The van der Waals surface area contributed by atoms with Crippen LogP contribution in [0.1, 0.15) is 23.4 Å². The summed E-state index contributed by atoms with van der Waals surface area (Å²) < 4.78 is 43.3. The van der Waals surface area contributed by atoms with Gasteiger partial charge in [-0.15, -0.1) is 0 Å². The molecule has 1 unspecified atom stereocenters. The molecule has 0 N–H and O–H groups in total. The molecular weight excluding hydrogens is 329 g/mol. The van der Waals surface area contributed by atoms with Crippen molar-refractivity contribution in [3.05, 3.63) is 77.7 Å². The number of nitrogens with zero attached hydrogens (tertiary/aromatic N) is 1. The van der Waals surface area contributed by atoms with Gasteiger partial charge < -0.3 is 4.52 Å². The van der Waals surface area contributed by atoms with E-state index in [1.54, 1.807) is 13.0 Å². The minimum Gasteiger partial charge on any atom is -0.356 e. The molecule has 0 bridgehead atoms. The van der Waals surface area contributed by atoms with Crippen LogP contribution in [0.5, 0.6) is 0 Å². The van der Waals surface area contributed by atoms with Gasteiger partial charge in [0.05, 0.1) is 16.7 Å². The summed E-state index contributed by atoms with van der Waals surface area (Å²) in [6.07, 6.45) is 0. The molecule has 0 aliphatic rings. The normalized spacial score (nSPS) is 12.9. The minimum absolute atomic E-state index is 0.234. The fourth-order valence-corrected chi connectivity index (χ4v) is 3.76. The largest absolute Gasteiger partial charge is 0.356 e. The van der Waals surface area contributed by atoms with E-state index < -0.39 is 20.9 Å². The summed E-state index contributed by atoms with van der Waals surface area (Å²) in [5.41, 5.74) is 1.73. The highest BCUT2D eigenvalue weighted by atomic mass is 32.2. The van der Waals surface area contributed by atoms with Gasteiger partial charge in [0, 0.05) is 11.6 Å². The molecule has 6 heteroatoms. The lowest BCUT2D eigenvalue weighted by Gasteiger charge is -2.12. The summed E-state index contributed by atoms with van der Waals surface area (Å²) >= 11 is 0. The number of sulfone groups is 1. The maximum Gasteiger partial charge on any atom is 0.167 e. The molecule has 124 valence electrons. The Bertz CT molecular complexity index is 918. The molecule has 2 aromatic carbocycles. The number of hydrogen-bond donors (Lipinski definition) is 0. The molecule has 0 amide bonds. The van der Waals surface area contributed by atoms with Gasteiger partial charge in [-0.25, -0.2) is 12.8 Å². The highest BCUT2D eigenvalue weighted by Crippen LogP contribution is 2.27. The second-order valence-electron chi connectivity index (χ2n) is 5.55. The first-order chi connectivity index (χ1) is 11.5. The second kappa shape index (κ2) is 6.57. The SMILES string of the molecule is CC(c1ccc(F)cc1)S(=O)(=O)Cc1cc(-c2ccccc2)on1. The van der Waals surface area contributed by atoms with E-state index in [1.165, 1.54) is 24.3 Å². The third-order valence-corrected chi connectivity index (χ3v) is 5.89. The lowest BCUT2D eigenvalue weighted by Crippen LogP contribution is -2.13. The zero-order valence-corrected chi connectivity index (χ0v) is 13.8. The average Bonchev–Trinajstić information content (AvgIpc) is 3.03. The van der Waals surface area contributed by atoms with Crippen LogP contribution in [0.2, 0.25) is 0 Å². The van der Waals surface area contributed by atoms with E-state index in [-0.39, 0.29) is 5.75 Å². The van der Waals surface area contributed by atoms with Crippen molar-refractivity contribution < 1.29 is 17.3 Å². The van der Waals surface area contributed by atoms with Crippen LogP contribution < -0.4 is 0 Å². The first-order valence-electron chi connectivity index (χ1n) is 7.44. The predicted octanol–water partition coefficient (Wildman–Crippen LogP) is 4.16. The van der Waals surface area contributed by atoms with Crippen molar-refractivity contribution in [1.82, 2.24) is 5.16 Å². The standard InChI is InChI=1S/C18H16FNO3S/c1-13(14-7-9-16(19)10-8-14)24(21,22)12-17-11-18(23-20-17)15-5-3-2-4-6-15/h2-11,13H,12H2,1H3. The van der Waals surface area contributed by atoms with E-state index >= 15 is 0 Å². The maximum atomic E-state index is 13.0. The number of benzene rings is 2. The molecule has 0 fully saturated rings. The highest BCUT2D eigenvalue weighted by molar-refractivity contribution is 7.90. The molecule has 4 nitrogen and oxygen atoms in total. The van der Waals surface area contributed by atoms with E-state index in [0.29, 0.717) is 17.0 Å². The molecule has 0 aliphatic carbocycles. The van der Waals surface area contributed by atoms with Crippen molar-refractivity contribution in [3.8, 4) is 11.3 Å². The van der Waals surface area contributed by atoms with E-state index in [4.69, 9.17) is 4.52 Å². The molecule has 0 saturated heterocycles. The van der Waals surface area contributed by atoms with E-state index in [9.17, 15) is 12.8 Å². The molecule has 3 rings (SSSR count). The van der Waals surface area contributed by atoms with Crippen LogP contribution >= 0.6 is 0 Å². The van der Waals surface area contributed by atoms with E-state index in [0.717, 1.165) is 5.56 Å². The first-order valence-corrected chi connectivity index (χ1v) is 9.15. The van der Waals surface area contributed by atoms with Crippen molar-refractivity contribution >= 4 is 9.84 Å². The lowest BCUT2D eigenvalue weighted by atomic mass is 10.2. The predicted molar refractivity (Wildman–Crippen MR) is 89.4 cm³/mol. The van der Waals surface area contributed by atoms with Crippen LogP contribution in [0.3, 0.4) is 0 Å². The summed E-state index contributed by atoms with van der Waals surface area (Å²) in [4.78, 5) is 0. The lowest BCUT2D eigenvalue weighted by molar-refractivity contribution is 0.425. The molecule has 0 saturated carbocycles. The van der Waals surface area contributed by atoms with Crippen LogP contribution in [0.4, 0.5) is 4.39 Å². The van der Waals surface area contributed by atoms with Crippen molar-refractivity contribution in [2.75, 3.05) is 0 Å². The highest BCUT2D eigenvalue weighted by Gasteiger charge is 2.25. The van der Waals surface area contributed by atoms with Crippen molar-refractivity contribution in [2.24, 2.45) is 0 Å². The second-order valence-corrected chi connectivity index (χ2v) is 7.87. The first kappa shape index (κ1) is 16.4. The van der Waals surface area contributed by atoms with Gasteiger partial charge in [0.1, 0.15) is 5.82 Å².